The molecule has 0 rings (SSSR count). The molecule has 15 heavy (non-hydrogen) atoms. The average Bonchev–Trinajstić information content (AvgIpc) is 2.21. The number of unbranched alkanes of at least 4 members (excludes halogenated alkanes) is 1. The molecular weight excluding hydrogens is 192 g/mol. The van der Waals surface area contributed by atoms with E-state index in [9.17, 15) is 4.79 Å². The summed E-state index contributed by atoms with van der Waals surface area (Å²) in [5.41, 5.74) is 0. The van der Waals surface area contributed by atoms with Crippen LogP contribution in [-0.2, 0) is 9.53 Å². The van der Waals surface area contributed by atoms with Gasteiger partial charge in [0.05, 0.1) is 12.6 Å². The fourth-order valence-corrected chi connectivity index (χ4v) is 1.17. The molecular formula is C11H24N2O2. The van der Waals surface area contributed by atoms with Crippen LogP contribution in [0.5, 0.6) is 0 Å². The predicted molar refractivity (Wildman–Crippen MR) is 61.9 cm³/mol. The van der Waals surface area contributed by atoms with E-state index >= 15 is 0 Å². The Morgan fingerprint density at radius 1 is 1.40 bits per heavy atom. The number of carbonyl (C=O) groups excluding carboxylic acids is 1. The number of nitrogens with one attached hydrogen (secondary N) is 1. The number of hydrogen-bond donors (Lipinski definition) is 1. The molecule has 4 heteroatoms. The molecule has 1 atom stereocenters. The molecule has 1 N–H and O–H groups in total. The van der Waals surface area contributed by atoms with Gasteiger partial charge in [-0.1, -0.05) is 13.3 Å². The minimum Gasteiger partial charge on any atom is -0.380 e. The lowest BCUT2D eigenvalue weighted by Crippen LogP contribution is -2.42. The summed E-state index contributed by atoms with van der Waals surface area (Å²) in [6, 6.07) is -0.130. The summed E-state index contributed by atoms with van der Waals surface area (Å²) in [6.07, 6.45) is 2.26. The Balaban J connectivity index is 3.39. The van der Waals surface area contributed by atoms with Crippen LogP contribution in [0, 0.1) is 0 Å². The van der Waals surface area contributed by atoms with Gasteiger partial charge in [0.2, 0.25) is 5.91 Å². The van der Waals surface area contributed by atoms with Gasteiger partial charge in [-0.3, -0.25) is 4.79 Å². The van der Waals surface area contributed by atoms with Crippen LogP contribution in [0.2, 0.25) is 0 Å². The number of ether oxygens (including phenoxy) is 1. The highest BCUT2D eigenvalue weighted by atomic mass is 16.5. The highest BCUT2D eigenvalue weighted by Gasteiger charge is 2.12. The van der Waals surface area contributed by atoms with E-state index in [4.69, 9.17) is 4.74 Å². The van der Waals surface area contributed by atoms with Crippen molar-refractivity contribution in [3.05, 3.63) is 0 Å². The Labute approximate surface area is 93.0 Å². The lowest BCUT2D eigenvalue weighted by Gasteiger charge is -2.17. The summed E-state index contributed by atoms with van der Waals surface area (Å²) in [7, 11) is 3.52. The van der Waals surface area contributed by atoms with Gasteiger partial charge in [-0.15, -0.1) is 0 Å². The quantitative estimate of drug-likeness (QED) is 0.612. The monoisotopic (exact) mass is 216 g/mol. The van der Waals surface area contributed by atoms with Gasteiger partial charge in [0.1, 0.15) is 0 Å². The summed E-state index contributed by atoms with van der Waals surface area (Å²) in [4.78, 5) is 13.0. The van der Waals surface area contributed by atoms with Gasteiger partial charge in [0.25, 0.3) is 0 Å². The Bertz CT molecular complexity index is 172. The molecule has 0 aromatic rings. The second-order valence-electron chi connectivity index (χ2n) is 3.87. The average molecular weight is 216 g/mol. The molecule has 0 aliphatic heterocycles. The van der Waals surface area contributed by atoms with Gasteiger partial charge in [-0.2, -0.15) is 0 Å². The fourth-order valence-electron chi connectivity index (χ4n) is 1.17. The molecule has 0 heterocycles. The Morgan fingerprint density at radius 2 is 2.07 bits per heavy atom. The van der Waals surface area contributed by atoms with Crippen LogP contribution in [0.3, 0.4) is 0 Å². The first kappa shape index (κ1) is 14.4. The summed E-state index contributed by atoms with van der Waals surface area (Å²) in [5.74, 6) is 0.101. The van der Waals surface area contributed by atoms with Crippen molar-refractivity contribution in [1.29, 1.82) is 0 Å². The number of likely N-dealkylation sites (N-methyl/N-ethyl adjacent to an activating group) is 1. The Morgan fingerprint density at radius 3 is 2.60 bits per heavy atom. The maximum absolute atomic E-state index is 11.4. The number of nitrogens with zero attached hydrogens (tertiary/aromatic N) is 1. The van der Waals surface area contributed by atoms with Crippen molar-refractivity contribution in [1.82, 2.24) is 10.2 Å². The maximum Gasteiger partial charge on any atom is 0.238 e. The molecule has 0 aliphatic carbocycles. The van der Waals surface area contributed by atoms with E-state index in [0.29, 0.717) is 6.61 Å². The van der Waals surface area contributed by atoms with Crippen LogP contribution in [0.4, 0.5) is 0 Å². The summed E-state index contributed by atoms with van der Waals surface area (Å²) in [6.45, 7) is 6.22. The van der Waals surface area contributed by atoms with Gasteiger partial charge in [-0.05, 0) is 13.3 Å². The number of hydrogen-bond acceptors (Lipinski definition) is 3. The molecule has 0 aromatic heterocycles. The molecule has 0 saturated heterocycles. The summed E-state index contributed by atoms with van der Waals surface area (Å²) < 4.78 is 5.38. The van der Waals surface area contributed by atoms with E-state index in [1.807, 2.05) is 6.92 Å². The van der Waals surface area contributed by atoms with E-state index in [-0.39, 0.29) is 11.9 Å². The molecule has 0 radical (unpaired) electrons. The van der Waals surface area contributed by atoms with E-state index in [1.54, 1.807) is 19.0 Å². The van der Waals surface area contributed by atoms with Crippen molar-refractivity contribution < 1.29 is 9.53 Å². The maximum atomic E-state index is 11.4. The second-order valence-corrected chi connectivity index (χ2v) is 3.87. The second kappa shape index (κ2) is 8.68. The molecule has 4 nitrogen and oxygen atoms in total. The minimum atomic E-state index is -0.130. The zero-order valence-corrected chi connectivity index (χ0v) is 10.4. The molecule has 0 fully saturated rings. The van der Waals surface area contributed by atoms with Crippen molar-refractivity contribution in [2.45, 2.75) is 32.7 Å². The van der Waals surface area contributed by atoms with E-state index < -0.39 is 0 Å². The van der Waals surface area contributed by atoms with Crippen molar-refractivity contribution in [2.75, 3.05) is 33.9 Å². The lowest BCUT2D eigenvalue weighted by molar-refractivity contribution is -0.130. The normalized spacial score (nSPS) is 12.5. The molecule has 0 bridgehead atoms. The van der Waals surface area contributed by atoms with E-state index in [2.05, 4.69) is 12.2 Å². The number of amides is 1. The first-order valence-corrected chi connectivity index (χ1v) is 5.61. The summed E-state index contributed by atoms with van der Waals surface area (Å²) >= 11 is 0. The largest absolute Gasteiger partial charge is 0.380 e. The molecule has 0 aliphatic rings. The molecule has 1 unspecified atom stereocenters. The highest BCUT2D eigenvalue weighted by Crippen LogP contribution is 1.89. The van der Waals surface area contributed by atoms with Crippen LogP contribution >= 0.6 is 0 Å². The van der Waals surface area contributed by atoms with E-state index in [1.165, 1.54) is 0 Å². The number of carbonyl (C=O) groups is 1. The van der Waals surface area contributed by atoms with Crippen molar-refractivity contribution in [2.24, 2.45) is 0 Å². The highest BCUT2D eigenvalue weighted by molar-refractivity contribution is 5.80. The van der Waals surface area contributed by atoms with Crippen molar-refractivity contribution in [3.8, 4) is 0 Å². The smallest absolute Gasteiger partial charge is 0.238 e. The number of rotatable bonds is 8. The van der Waals surface area contributed by atoms with Gasteiger partial charge < -0.3 is 15.0 Å². The van der Waals surface area contributed by atoms with E-state index in [0.717, 1.165) is 26.0 Å². The standard InChI is InChI=1S/C11H24N2O2/c1-5-6-8-15-9-7-12-10(2)11(14)13(3)4/h10,12H,5-9H2,1-4H3. The zero-order valence-electron chi connectivity index (χ0n) is 10.4. The van der Waals surface area contributed by atoms with Crippen molar-refractivity contribution in [3.63, 3.8) is 0 Å². The molecule has 0 aromatic carbocycles. The third kappa shape index (κ3) is 7.33. The van der Waals surface area contributed by atoms with Gasteiger partial charge in [-0.25, -0.2) is 0 Å². The van der Waals surface area contributed by atoms with Gasteiger partial charge in [0.15, 0.2) is 0 Å². The molecule has 0 spiro atoms. The van der Waals surface area contributed by atoms with Crippen LogP contribution in [0.15, 0.2) is 0 Å². The third-order valence-corrected chi connectivity index (χ3v) is 2.15. The van der Waals surface area contributed by atoms with Crippen LogP contribution < -0.4 is 5.32 Å². The van der Waals surface area contributed by atoms with Crippen LogP contribution in [-0.4, -0.2) is 50.7 Å². The predicted octanol–water partition coefficient (Wildman–Crippen LogP) is 0.869. The Hall–Kier alpha value is -0.610. The topological polar surface area (TPSA) is 41.6 Å². The zero-order chi connectivity index (χ0) is 11.7. The first-order valence-electron chi connectivity index (χ1n) is 5.61. The fraction of sp³-hybridized carbons (Fsp3) is 0.909. The minimum absolute atomic E-state index is 0.101. The third-order valence-electron chi connectivity index (χ3n) is 2.15. The van der Waals surface area contributed by atoms with Gasteiger partial charge in [0, 0.05) is 27.2 Å². The molecule has 1 amide bonds. The van der Waals surface area contributed by atoms with Crippen LogP contribution in [0.1, 0.15) is 26.7 Å². The Kier molecular flexibility index (Phi) is 8.33. The van der Waals surface area contributed by atoms with Crippen molar-refractivity contribution >= 4 is 5.91 Å². The lowest BCUT2D eigenvalue weighted by atomic mass is 10.3. The first-order chi connectivity index (χ1) is 7.09. The van der Waals surface area contributed by atoms with Gasteiger partial charge >= 0.3 is 0 Å². The van der Waals surface area contributed by atoms with Crippen LogP contribution in [0.25, 0.3) is 0 Å². The SMILES string of the molecule is CCCCOCCNC(C)C(=O)N(C)C. The molecule has 90 valence electrons. The molecule has 0 saturated carbocycles. The summed E-state index contributed by atoms with van der Waals surface area (Å²) in [5, 5.41) is 3.12.